The Balaban J connectivity index is 1.77. The van der Waals surface area contributed by atoms with Gasteiger partial charge in [0, 0.05) is 29.6 Å². The SMILES string of the molecule is CC(CNCc1cc(F)cc(Br)c1)N(C)C1CC1. The number of likely N-dealkylation sites (N-methyl/N-ethyl adjacent to an activating group) is 1. The minimum atomic E-state index is -0.190. The molecular formula is C14H20BrFN2. The van der Waals surface area contributed by atoms with Gasteiger partial charge in [-0.25, -0.2) is 4.39 Å². The average molecular weight is 315 g/mol. The molecule has 0 aromatic heterocycles. The zero-order valence-corrected chi connectivity index (χ0v) is 12.5. The minimum absolute atomic E-state index is 0.190. The van der Waals surface area contributed by atoms with Crippen molar-refractivity contribution in [2.24, 2.45) is 0 Å². The summed E-state index contributed by atoms with van der Waals surface area (Å²) < 4.78 is 14.0. The maximum atomic E-state index is 13.2. The van der Waals surface area contributed by atoms with Gasteiger partial charge in [-0.3, -0.25) is 4.90 Å². The van der Waals surface area contributed by atoms with E-state index in [1.165, 1.54) is 18.9 Å². The average Bonchev–Trinajstić information content (AvgIpc) is 3.10. The number of nitrogens with zero attached hydrogens (tertiary/aromatic N) is 1. The van der Waals surface area contributed by atoms with Gasteiger partial charge in [-0.15, -0.1) is 0 Å². The molecule has 0 heterocycles. The molecule has 4 heteroatoms. The standard InChI is InChI=1S/C14H20BrFN2/c1-10(18(2)14-3-4-14)8-17-9-11-5-12(15)7-13(16)6-11/h5-7,10,14,17H,3-4,8-9H2,1-2H3. The lowest BCUT2D eigenvalue weighted by atomic mass is 10.2. The fourth-order valence-corrected chi connectivity index (χ4v) is 2.64. The molecule has 0 spiro atoms. The number of hydrogen-bond acceptors (Lipinski definition) is 2. The molecule has 0 aliphatic heterocycles. The van der Waals surface area contributed by atoms with E-state index in [0.29, 0.717) is 12.6 Å². The molecule has 1 aromatic carbocycles. The van der Waals surface area contributed by atoms with Crippen LogP contribution in [0.4, 0.5) is 4.39 Å². The highest BCUT2D eigenvalue weighted by Gasteiger charge is 2.28. The fourth-order valence-electron chi connectivity index (χ4n) is 2.12. The molecule has 2 nitrogen and oxygen atoms in total. The highest BCUT2D eigenvalue weighted by Crippen LogP contribution is 2.26. The molecule has 1 unspecified atom stereocenters. The van der Waals surface area contributed by atoms with Crippen molar-refractivity contribution in [2.75, 3.05) is 13.6 Å². The predicted molar refractivity (Wildman–Crippen MR) is 76.1 cm³/mol. The molecule has 1 fully saturated rings. The largest absolute Gasteiger partial charge is 0.311 e. The van der Waals surface area contributed by atoms with E-state index in [1.807, 2.05) is 6.07 Å². The molecule has 100 valence electrons. The molecular weight excluding hydrogens is 295 g/mol. The highest BCUT2D eigenvalue weighted by atomic mass is 79.9. The Bertz CT molecular complexity index is 387. The molecule has 0 amide bonds. The molecule has 1 aromatic rings. The van der Waals surface area contributed by atoms with Gasteiger partial charge in [-0.05, 0) is 50.6 Å². The van der Waals surface area contributed by atoms with E-state index >= 15 is 0 Å². The Hall–Kier alpha value is -0.450. The van der Waals surface area contributed by atoms with E-state index in [1.54, 1.807) is 6.07 Å². The molecule has 0 bridgehead atoms. The molecule has 1 aliphatic rings. The van der Waals surface area contributed by atoms with Crippen LogP contribution in [0.2, 0.25) is 0 Å². The zero-order valence-electron chi connectivity index (χ0n) is 10.9. The maximum absolute atomic E-state index is 13.2. The van der Waals surface area contributed by atoms with E-state index < -0.39 is 0 Å². The van der Waals surface area contributed by atoms with Crippen molar-refractivity contribution in [2.45, 2.75) is 38.4 Å². The first-order valence-corrected chi connectivity index (χ1v) is 7.23. The maximum Gasteiger partial charge on any atom is 0.124 e. The Morgan fingerprint density at radius 2 is 2.17 bits per heavy atom. The van der Waals surface area contributed by atoms with Gasteiger partial charge in [0.1, 0.15) is 5.82 Å². The van der Waals surface area contributed by atoms with E-state index in [4.69, 9.17) is 0 Å². The lowest BCUT2D eigenvalue weighted by molar-refractivity contribution is 0.241. The van der Waals surface area contributed by atoms with Crippen molar-refractivity contribution in [3.05, 3.63) is 34.1 Å². The van der Waals surface area contributed by atoms with Crippen LogP contribution in [-0.4, -0.2) is 30.6 Å². The summed E-state index contributed by atoms with van der Waals surface area (Å²) in [6, 6.07) is 6.31. The predicted octanol–water partition coefficient (Wildman–Crippen LogP) is 3.16. The summed E-state index contributed by atoms with van der Waals surface area (Å²) in [4.78, 5) is 2.43. The number of hydrogen-bond donors (Lipinski definition) is 1. The first-order chi connectivity index (χ1) is 8.56. The fraction of sp³-hybridized carbons (Fsp3) is 0.571. The van der Waals surface area contributed by atoms with Crippen molar-refractivity contribution in [1.29, 1.82) is 0 Å². The van der Waals surface area contributed by atoms with Crippen molar-refractivity contribution < 1.29 is 4.39 Å². The van der Waals surface area contributed by atoms with Crippen LogP contribution in [0.5, 0.6) is 0 Å². The summed E-state index contributed by atoms with van der Waals surface area (Å²) >= 11 is 3.31. The molecule has 1 aliphatic carbocycles. The van der Waals surface area contributed by atoms with E-state index in [9.17, 15) is 4.39 Å². The van der Waals surface area contributed by atoms with E-state index in [2.05, 4.69) is 40.1 Å². The van der Waals surface area contributed by atoms with Gasteiger partial charge in [-0.2, -0.15) is 0 Å². The normalized spacial score (nSPS) is 17.2. The molecule has 1 N–H and O–H groups in total. The Kier molecular flexibility index (Phi) is 4.76. The van der Waals surface area contributed by atoms with Gasteiger partial charge in [-0.1, -0.05) is 15.9 Å². The van der Waals surface area contributed by atoms with Gasteiger partial charge < -0.3 is 5.32 Å². The monoisotopic (exact) mass is 314 g/mol. The molecule has 0 saturated heterocycles. The Labute approximate surface area is 117 Å². The van der Waals surface area contributed by atoms with Crippen LogP contribution in [0, 0.1) is 5.82 Å². The summed E-state index contributed by atoms with van der Waals surface area (Å²) in [5.74, 6) is -0.190. The third-order valence-electron chi connectivity index (χ3n) is 3.51. The second-order valence-corrected chi connectivity index (χ2v) is 6.07. The third kappa shape index (κ3) is 4.04. The van der Waals surface area contributed by atoms with Crippen molar-refractivity contribution in [3.63, 3.8) is 0 Å². The van der Waals surface area contributed by atoms with Crippen LogP contribution >= 0.6 is 15.9 Å². The summed E-state index contributed by atoms with van der Waals surface area (Å²) in [5.41, 5.74) is 0.975. The summed E-state index contributed by atoms with van der Waals surface area (Å²) in [6.45, 7) is 3.87. The van der Waals surface area contributed by atoms with Gasteiger partial charge in [0.2, 0.25) is 0 Å². The molecule has 1 atom stereocenters. The van der Waals surface area contributed by atoms with Gasteiger partial charge in [0.25, 0.3) is 0 Å². The first kappa shape index (κ1) is 14.0. The van der Waals surface area contributed by atoms with E-state index in [0.717, 1.165) is 22.6 Å². The molecule has 2 rings (SSSR count). The Morgan fingerprint density at radius 1 is 1.44 bits per heavy atom. The van der Waals surface area contributed by atoms with Gasteiger partial charge >= 0.3 is 0 Å². The second-order valence-electron chi connectivity index (χ2n) is 5.15. The molecule has 1 saturated carbocycles. The van der Waals surface area contributed by atoms with Crippen LogP contribution in [-0.2, 0) is 6.54 Å². The van der Waals surface area contributed by atoms with Crippen molar-refractivity contribution in [1.82, 2.24) is 10.2 Å². The van der Waals surface area contributed by atoms with Crippen molar-refractivity contribution >= 4 is 15.9 Å². The van der Waals surface area contributed by atoms with E-state index in [-0.39, 0.29) is 5.82 Å². The van der Waals surface area contributed by atoms with Crippen LogP contribution in [0.3, 0.4) is 0 Å². The van der Waals surface area contributed by atoms with Crippen molar-refractivity contribution in [3.8, 4) is 0 Å². The topological polar surface area (TPSA) is 15.3 Å². The molecule has 0 radical (unpaired) electrons. The molecule has 18 heavy (non-hydrogen) atoms. The van der Waals surface area contributed by atoms with Crippen LogP contribution < -0.4 is 5.32 Å². The van der Waals surface area contributed by atoms with Gasteiger partial charge in [0.15, 0.2) is 0 Å². The number of rotatable bonds is 6. The summed E-state index contributed by atoms with van der Waals surface area (Å²) in [5, 5.41) is 3.39. The zero-order chi connectivity index (χ0) is 13.1. The highest BCUT2D eigenvalue weighted by molar-refractivity contribution is 9.10. The first-order valence-electron chi connectivity index (χ1n) is 6.44. The minimum Gasteiger partial charge on any atom is -0.311 e. The summed E-state index contributed by atoms with van der Waals surface area (Å²) in [7, 11) is 2.18. The van der Waals surface area contributed by atoms with Gasteiger partial charge in [0.05, 0.1) is 0 Å². The smallest absolute Gasteiger partial charge is 0.124 e. The Morgan fingerprint density at radius 3 is 2.78 bits per heavy atom. The van der Waals surface area contributed by atoms with Crippen LogP contribution in [0.25, 0.3) is 0 Å². The lowest BCUT2D eigenvalue weighted by Crippen LogP contribution is -2.38. The van der Waals surface area contributed by atoms with Crippen LogP contribution in [0.15, 0.2) is 22.7 Å². The number of halogens is 2. The van der Waals surface area contributed by atoms with Crippen LogP contribution in [0.1, 0.15) is 25.3 Å². The quantitative estimate of drug-likeness (QED) is 0.867. The lowest BCUT2D eigenvalue weighted by Gasteiger charge is -2.24. The third-order valence-corrected chi connectivity index (χ3v) is 3.97. The second kappa shape index (κ2) is 6.13. The number of nitrogens with one attached hydrogen (secondary N) is 1. The number of benzene rings is 1. The summed E-state index contributed by atoms with van der Waals surface area (Å²) in [6.07, 6.45) is 2.66.